The van der Waals surface area contributed by atoms with Crippen molar-refractivity contribution in [3.8, 4) is 0 Å². The van der Waals surface area contributed by atoms with E-state index in [2.05, 4.69) is 0 Å². The Morgan fingerprint density at radius 2 is 2.22 bits per heavy atom. The largest absolute Gasteiger partial charge is 0.419 e. The van der Waals surface area contributed by atoms with E-state index in [0.717, 1.165) is 0 Å². The average Bonchev–Trinajstić information content (AvgIpc) is 2.66. The molecule has 0 radical (unpaired) electrons. The Morgan fingerprint density at radius 1 is 1.50 bits per heavy atom. The van der Waals surface area contributed by atoms with Crippen molar-refractivity contribution >= 4 is 16.9 Å². The Hall–Kier alpha value is -1.88. The predicted octanol–water partition coefficient (Wildman–Crippen LogP) is 1.33. The second-order valence-corrected chi connectivity index (χ2v) is 4.26. The maximum atomic E-state index is 12.1. The van der Waals surface area contributed by atoms with E-state index in [1.165, 1.54) is 4.57 Å². The topological polar surface area (TPSA) is 72.4 Å². The molecule has 1 aromatic carbocycles. The van der Waals surface area contributed by atoms with Crippen molar-refractivity contribution in [1.82, 2.24) is 4.57 Å². The first-order valence-electron chi connectivity index (χ1n) is 5.83. The normalized spacial score (nSPS) is 12.8. The van der Waals surface area contributed by atoms with E-state index < -0.39 is 11.7 Å². The lowest BCUT2D eigenvalue weighted by molar-refractivity contribution is 0.0856. The van der Waals surface area contributed by atoms with Crippen molar-refractivity contribution in [3.05, 3.63) is 34.3 Å². The van der Waals surface area contributed by atoms with Crippen LogP contribution < -0.4 is 5.76 Å². The summed E-state index contributed by atoms with van der Waals surface area (Å²) in [4.78, 5) is 23.4. The number of aliphatic hydroxyl groups is 1. The van der Waals surface area contributed by atoms with Crippen molar-refractivity contribution in [2.45, 2.75) is 13.3 Å². The van der Waals surface area contributed by atoms with Gasteiger partial charge in [0.05, 0.1) is 12.1 Å². The highest BCUT2D eigenvalue weighted by atomic mass is 16.4. The van der Waals surface area contributed by atoms with Gasteiger partial charge in [-0.25, -0.2) is 4.79 Å². The van der Waals surface area contributed by atoms with Crippen LogP contribution in [-0.4, -0.2) is 22.1 Å². The van der Waals surface area contributed by atoms with E-state index in [9.17, 15) is 9.59 Å². The molecule has 0 saturated carbocycles. The van der Waals surface area contributed by atoms with Crippen LogP contribution >= 0.6 is 0 Å². The number of fused-ring (bicyclic) bond motifs is 1. The molecule has 0 amide bonds. The summed E-state index contributed by atoms with van der Waals surface area (Å²) in [6.45, 7) is 1.68. The van der Waals surface area contributed by atoms with Crippen LogP contribution in [0.25, 0.3) is 11.1 Å². The molecule has 1 atom stereocenters. The van der Waals surface area contributed by atoms with Gasteiger partial charge in [-0.15, -0.1) is 0 Å². The highest BCUT2D eigenvalue weighted by molar-refractivity contribution is 6.00. The van der Waals surface area contributed by atoms with Crippen LogP contribution in [0.1, 0.15) is 23.7 Å². The molecule has 1 unspecified atom stereocenters. The third-order valence-electron chi connectivity index (χ3n) is 3.16. The first kappa shape index (κ1) is 12.6. The number of aliphatic hydroxyl groups excluding tert-OH is 1. The molecular formula is C13H15NO4. The summed E-state index contributed by atoms with van der Waals surface area (Å²) in [5.41, 5.74) is 1.52. The van der Waals surface area contributed by atoms with Gasteiger partial charge in [-0.1, -0.05) is 6.92 Å². The molecule has 1 heterocycles. The molecule has 1 N–H and O–H groups in total. The lowest BCUT2D eigenvalue weighted by Gasteiger charge is -2.10. The maximum Gasteiger partial charge on any atom is 0.419 e. The Balaban J connectivity index is 2.50. The molecule has 5 heteroatoms. The fourth-order valence-corrected chi connectivity index (χ4v) is 1.91. The first-order chi connectivity index (χ1) is 8.58. The van der Waals surface area contributed by atoms with Gasteiger partial charge < -0.3 is 9.52 Å². The summed E-state index contributed by atoms with van der Waals surface area (Å²) in [7, 11) is 1.59. The highest BCUT2D eigenvalue weighted by Gasteiger charge is 2.18. The van der Waals surface area contributed by atoms with E-state index in [-0.39, 0.29) is 12.4 Å². The summed E-state index contributed by atoms with van der Waals surface area (Å²) >= 11 is 0. The zero-order valence-corrected chi connectivity index (χ0v) is 10.3. The van der Waals surface area contributed by atoms with Gasteiger partial charge in [0.15, 0.2) is 11.4 Å². The number of oxazole rings is 1. The van der Waals surface area contributed by atoms with Crippen LogP contribution in [0.2, 0.25) is 0 Å². The van der Waals surface area contributed by atoms with Crippen LogP contribution in [0.15, 0.2) is 27.4 Å². The van der Waals surface area contributed by atoms with Crippen molar-refractivity contribution in [1.29, 1.82) is 0 Å². The number of benzene rings is 1. The van der Waals surface area contributed by atoms with E-state index in [0.29, 0.717) is 23.1 Å². The Morgan fingerprint density at radius 3 is 2.83 bits per heavy atom. The molecule has 0 spiro atoms. The number of rotatable bonds is 4. The lowest BCUT2D eigenvalue weighted by atomic mass is 9.96. The van der Waals surface area contributed by atoms with Gasteiger partial charge in [-0.05, 0) is 24.6 Å². The second kappa shape index (κ2) is 4.78. The van der Waals surface area contributed by atoms with Crippen LogP contribution in [0.4, 0.5) is 0 Å². The molecule has 96 valence electrons. The quantitative estimate of drug-likeness (QED) is 0.830. The number of carbonyl (C=O) groups is 1. The molecule has 0 aliphatic rings. The molecule has 0 aliphatic carbocycles. The number of hydrogen-bond donors (Lipinski definition) is 1. The summed E-state index contributed by atoms with van der Waals surface area (Å²) in [6, 6.07) is 4.85. The highest BCUT2D eigenvalue weighted by Crippen LogP contribution is 2.18. The smallest absolute Gasteiger partial charge is 0.408 e. The predicted molar refractivity (Wildman–Crippen MR) is 66.7 cm³/mol. The fourth-order valence-electron chi connectivity index (χ4n) is 1.91. The Bertz CT molecular complexity index is 634. The maximum absolute atomic E-state index is 12.1. The summed E-state index contributed by atoms with van der Waals surface area (Å²) in [5.74, 6) is -0.967. The number of ketones is 1. The molecule has 2 aromatic rings. The third kappa shape index (κ3) is 1.97. The molecule has 0 aliphatic heterocycles. The monoisotopic (exact) mass is 249 g/mol. The molecule has 0 saturated heterocycles. The van der Waals surface area contributed by atoms with Gasteiger partial charge in [0.25, 0.3) is 0 Å². The fraction of sp³-hybridized carbons (Fsp3) is 0.385. The number of nitrogens with zero attached hydrogens (tertiary/aromatic N) is 1. The molecule has 0 fully saturated rings. The van der Waals surface area contributed by atoms with Gasteiger partial charge in [-0.2, -0.15) is 0 Å². The molecule has 1 aromatic heterocycles. The number of aryl methyl sites for hydroxylation is 1. The summed E-state index contributed by atoms with van der Waals surface area (Å²) in [5, 5.41) is 9.14. The lowest BCUT2D eigenvalue weighted by Crippen LogP contribution is -2.17. The third-order valence-corrected chi connectivity index (χ3v) is 3.16. The van der Waals surface area contributed by atoms with E-state index >= 15 is 0 Å². The van der Waals surface area contributed by atoms with Crippen molar-refractivity contribution in [2.24, 2.45) is 13.0 Å². The van der Waals surface area contributed by atoms with Gasteiger partial charge in [-0.3, -0.25) is 9.36 Å². The van der Waals surface area contributed by atoms with Crippen LogP contribution in [0.3, 0.4) is 0 Å². The van der Waals surface area contributed by atoms with Gasteiger partial charge in [0, 0.05) is 18.5 Å². The number of aromatic nitrogens is 1. The Labute approximate surface area is 104 Å². The second-order valence-electron chi connectivity index (χ2n) is 4.26. The van der Waals surface area contributed by atoms with Crippen molar-refractivity contribution in [3.63, 3.8) is 0 Å². The standard InChI is InChI=1S/C13H15NO4/c1-3-8(7-15)12(16)9-4-5-11-10(6-9)14(2)13(17)18-11/h4-6,8,15H,3,7H2,1-2H3. The van der Waals surface area contributed by atoms with Crippen LogP contribution in [-0.2, 0) is 7.05 Å². The zero-order valence-electron chi connectivity index (χ0n) is 10.3. The number of Topliss-reactive ketones (excluding diaryl/α,β-unsaturated/α-hetero) is 1. The van der Waals surface area contributed by atoms with E-state index in [1.54, 1.807) is 25.2 Å². The van der Waals surface area contributed by atoms with Gasteiger partial charge in [0.2, 0.25) is 0 Å². The van der Waals surface area contributed by atoms with Crippen molar-refractivity contribution < 1.29 is 14.3 Å². The van der Waals surface area contributed by atoms with E-state index in [1.807, 2.05) is 6.92 Å². The van der Waals surface area contributed by atoms with Gasteiger partial charge >= 0.3 is 5.76 Å². The van der Waals surface area contributed by atoms with E-state index in [4.69, 9.17) is 9.52 Å². The summed E-state index contributed by atoms with van der Waals surface area (Å²) < 4.78 is 6.35. The molecule has 0 bridgehead atoms. The number of carbonyl (C=O) groups excluding carboxylic acids is 1. The minimum absolute atomic E-state index is 0.115. The molecule has 2 rings (SSSR count). The molecule has 18 heavy (non-hydrogen) atoms. The first-order valence-corrected chi connectivity index (χ1v) is 5.83. The minimum atomic E-state index is -0.455. The minimum Gasteiger partial charge on any atom is -0.408 e. The zero-order chi connectivity index (χ0) is 13.3. The van der Waals surface area contributed by atoms with Gasteiger partial charge in [0.1, 0.15) is 0 Å². The van der Waals surface area contributed by atoms with Crippen LogP contribution in [0.5, 0.6) is 0 Å². The SMILES string of the molecule is CCC(CO)C(=O)c1ccc2oc(=O)n(C)c2c1. The number of hydrogen-bond acceptors (Lipinski definition) is 4. The average molecular weight is 249 g/mol. The Kier molecular flexibility index (Phi) is 3.34. The summed E-state index contributed by atoms with van der Waals surface area (Å²) in [6.07, 6.45) is 0.581. The molecule has 5 nitrogen and oxygen atoms in total. The van der Waals surface area contributed by atoms with Crippen LogP contribution in [0, 0.1) is 5.92 Å². The molecular weight excluding hydrogens is 234 g/mol. The van der Waals surface area contributed by atoms with Crippen molar-refractivity contribution in [2.75, 3.05) is 6.61 Å².